The lowest BCUT2D eigenvalue weighted by Gasteiger charge is -2.08. The maximum atomic E-state index is 11.6. The van der Waals surface area contributed by atoms with Crippen molar-refractivity contribution in [1.82, 2.24) is 4.98 Å². The summed E-state index contributed by atoms with van der Waals surface area (Å²) in [4.78, 5) is 16.4. The third-order valence-electron chi connectivity index (χ3n) is 2.05. The number of nitrogens with two attached hydrogens (primary N) is 1. The van der Waals surface area contributed by atoms with Gasteiger partial charge in [-0.25, -0.2) is 9.78 Å². The molecular weight excluding hydrogens is 256 g/mol. The summed E-state index contributed by atoms with van der Waals surface area (Å²) in [6.45, 7) is 0. The highest BCUT2D eigenvalue weighted by Gasteiger charge is 2.16. The van der Waals surface area contributed by atoms with E-state index in [0.717, 1.165) is 4.34 Å². The SMILES string of the molecule is COC(=O)c1cccc(N)c1Sc1nccs1. The van der Waals surface area contributed by atoms with Crippen LogP contribution in [0.5, 0.6) is 0 Å². The maximum absolute atomic E-state index is 11.6. The average molecular weight is 266 g/mol. The predicted molar refractivity (Wildman–Crippen MR) is 68.4 cm³/mol. The molecule has 0 saturated carbocycles. The van der Waals surface area contributed by atoms with Crippen molar-refractivity contribution in [3.63, 3.8) is 0 Å². The number of ether oxygens (including phenoxy) is 1. The topological polar surface area (TPSA) is 65.2 Å². The molecule has 0 radical (unpaired) electrons. The van der Waals surface area contributed by atoms with E-state index >= 15 is 0 Å². The van der Waals surface area contributed by atoms with Gasteiger partial charge in [-0.1, -0.05) is 17.8 Å². The lowest BCUT2D eigenvalue weighted by molar-refractivity contribution is 0.0597. The van der Waals surface area contributed by atoms with Crippen LogP contribution in [0.2, 0.25) is 0 Å². The van der Waals surface area contributed by atoms with Gasteiger partial charge in [-0.05, 0) is 12.1 Å². The Kier molecular flexibility index (Phi) is 3.65. The molecule has 0 unspecified atom stereocenters. The summed E-state index contributed by atoms with van der Waals surface area (Å²) in [6.07, 6.45) is 1.71. The number of anilines is 1. The number of nitrogen functional groups attached to an aromatic ring is 1. The Hall–Kier alpha value is -1.53. The third-order valence-corrected chi connectivity index (χ3v) is 4.09. The minimum Gasteiger partial charge on any atom is -0.465 e. The van der Waals surface area contributed by atoms with Gasteiger partial charge in [0.1, 0.15) is 0 Å². The Labute approximate surface area is 107 Å². The Morgan fingerprint density at radius 2 is 2.35 bits per heavy atom. The van der Waals surface area contributed by atoms with E-state index in [1.54, 1.807) is 24.4 Å². The highest BCUT2D eigenvalue weighted by atomic mass is 32.2. The number of hydrogen-bond acceptors (Lipinski definition) is 6. The van der Waals surface area contributed by atoms with E-state index in [1.807, 2.05) is 5.38 Å². The second-order valence-corrected chi connectivity index (χ2v) is 5.27. The summed E-state index contributed by atoms with van der Waals surface area (Å²) >= 11 is 2.87. The summed E-state index contributed by atoms with van der Waals surface area (Å²) in [7, 11) is 1.35. The van der Waals surface area contributed by atoms with Crippen LogP contribution in [0.3, 0.4) is 0 Å². The monoisotopic (exact) mass is 266 g/mol. The quantitative estimate of drug-likeness (QED) is 0.683. The summed E-state index contributed by atoms with van der Waals surface area (Å²) < 4.78 is 5.57. The zero-order chi connectivity index (χ0) is 12.3. The van der Waals surface area contributed by atoms with Crippen molar-refractivity contribution in [3.8, 4) is 0 Å². The van der Waals surface area contributed by atoms with Crippen molar-refractivity contribution >= 4 is 34.8 Å². The first kappa shape index (κ1) is 11.9. The number of nitrogens with zero attached hydrogens (tertiary/aromatic N) is 1. The number of carbonyl (C=O) groups excluding carboxylic acids is 1. The molecule has 2 aromatic rings. The van der Waals surface area contributed by atoms with Gasteiger partial charge in [-0.3, -0.25) is 0 Å². The number of rotatable bonds is 3. The summed E-state index contributed by atoms with van der Waals surface area (Å²) in [5, 5.41) is 1.87. The molecule has 2 rings (SSSR count). The van der Waals surface area contributed by atoms with Gasteiger partial charge in [0.05, 0.1) is 17.6 Å². The van der Waals surface area contributed by atoms with E-state index in [4.69, 9.17) is 10.5 Å². The normalized spacial score (nSPS) is 10.2. The first-order valence-electron chi connectivity index (χ1n) is 4.76. The molecule has 1 aromatic carbocycles. The lowest BCUT2D eigenvalue weighted by atomic mass is 10.2. The van der Waals surface area contributed by atoms with Crippen LogP contribution in [0.25, 0.3) is 0 Å². The van der Waals surface area contributed by atoms with E-state index in [2.05, 4.69) is 4.98 Å². The Morgan fingerprint density at radius 1 is 1.53 bits per heavy atom. The minimum absolute atomic E-state index is 0.392. The largest absolute Gasteiger partial charge is 0.465 e. The molecule has 88 valence electrons. The van der Waals surface area contributed by atoms with Crippen LogP contribution in [-0.2, 0) is 4.74 Å². The van der Waals surface area contributed by atoms with E-state index in [9.17, 15) is 4.79 Å². The lowest BCUT2D eigenvalue weighted by Crippen LogP contribution is -2.04. The molecule has 0 bridgehead atoms. The van der Waals surface area contributed by atoms with Crippen LogP contribution in [0, 0.1) is 0 Å². The van der Waals surface area contributed by atoms with Crippen molar-refractivity contribution in [1.29, 1.82) is 0 Å². The number of aromatic nitrogens is 1. The van der Waals surface area contributed by atoms with Crippen molar-refractivity contribution in [2.24, 2.45) is 0 Å². The number of carbonyl (C=O) groups is 1. The first-order valence-corrected chi connectivity index (χ1v) is 6.46. The number of hydrogen-bond donors (Lipinski definition) is 1. The van der Waals surface area contributed by atoms with Gasteiger partial charge in [0.2, 0.25) is 0 Å². The molecule has 1 heterocycles. The second-order valence-electron chi connectivity index (χ2n) is 3.12. The van der Waals surface area contributed by atoms with Gasteiger partial charge >= 0.3 is 5.97 Å². The molecule has 0 amide bonds. The molecule has 0 spiro atoms. The molecular formula is C11H10N2O2S2. The molecule has 2 N–H and O–H groups in total. The van der Waals surface area contributed by atoms with Crippen LogP contribution < -0.4 is 5.73 Å². The van der Waals surface area contributed by atoms with Crippen molar-refractivity contribution in [2.45, 2.75) is 9.24 Å². The van der Waals surface area contributed by atoms with Gasteiger partial charge in [0, 0.05) is 17.3 Å². The fraction of sp³-hybridized carbons (Fsp3) is 0.0909. The average Bonchev–Trinajstić information content (AvgIpc) is 2.83. The number of esters is 1. The van der Waals surface area contributed by atoms with Crippen LogP contribution in [0.1, 0.15) is 10.4 Å². The van der Waals surface area contributed by atoms with Crippen molar-refractivity contribution < 1.29 is 9.53 Å². The zero-order valence-electron chi connectivity index (χ0n) is 9.04. The standard InChI is InChI=1S/C11H10N2O2S2/c1-15-10(14)7-3-2-4-8(12)9(7)17-11-13-5-6-16-11/h2-6H,12H2,1H3. The van der Waals surface area contributed by atoms with Crippen LogP contribution >= 0.6 is 23.1 Å². The van der Waals surface area contributed by atoms with Crippen LogP contribution in [-0.4, -0.2) is 18.1 Å². The second kappa shape index (κ2) is 5.20. The third kappa shape index (κ3) is 2.59. The van der Waals surface area contributed by atoms with Crippen molar-refractivity contribution in [3.05, 3.63) is 35.3 Å². The van der Waals surface area contributed by atoms with Gasteiger partial charge in [0.25, 0.3) is 0 Å². The molecule has 0 fully saturated rings. The molecule has 6 heteroatoms. The van der Waals surface area contributed by atoms with Gasteiger partial charge in [-0.15, -0.1) is 11.3 Å². The first-order chi connectivity index (χ1) is 8.22. The number of methoxy groups -OCH3 is 1. The van der Waals surface area contributed by atoms with Crippen molar-refractivity contribution in [2.75, 3.05) is 12.8 Å². The van der Waals surface area contributed by atoms with E-state index in [-0.39, 0.29) is 0 Å². The molecule has 4 nitrogen and oxygen atoms in total. The maximum Gasteiger partial charge on any atom is 0.339 e. The van der Waals surface area contributed by atoms with E-state index < -0.39 is 5.97 Å². The number of thiazole rings is 1. The van der Waals surface area contributed by atoms with E-state index in [0.29, 0.717) is 16.1 Å². The minimum atomic E-state index is -0.392. The molecule has 0 aliphatic rings. The predicted octanol–water partition coefficient (Wildman–Crippen LogP) is 2.66. The Bertz CT molecular complexity index is 526. The Morgan fingerprint density at radius 3 is 3.00 bits per heavy atom. The smallest absolute Gasteiger partial charge is 0.339 e. The van der Waals surface area contributed by atoms with Crippen LogP contribution in [0.15, 0.2) is 39.0 Å². The number of benzene rings is 1. The fourth-order valence-corrected chi connectivity index (χ4v) is 2.99. The summed E-state index contributed by atoms with van der Waals surface area (Å²) in [6, 6.07) is 5.17. The molecule has 1 aromatic heterocycles. The highest BCUT2D eigenvalue weighted by molar-refractivity contribution is 8.01. The van der Waals surface area contributed by atoms with Gasteiger partial charge < -0.3 is 10.5 Å². The Balaban J connectivity index is 2.40. The van der Waals surface area contributed by atoms with Gasteiger partial charge in [0.15, 0.2) is 4.34 Å². The summed E-state index contributed by atoms with van der Waals surface area (Å²) in [5.41, 5.74) is 6.89. The zero-order valence-corrected chi connectivity index (χ0v) is 10.7. The summed E-state index contributed by atoms with van der Waals surface area (Å²) in [5.74, 6) is -0.392. The van der Waals surface area contributed by atoms with Gasteiger partial charge in [-0.2, -0.15) is 0 Å². The van der Waals surface area contributed by atoms with Crippen LogP contribution in [0.4, 0.5) is 5.69 Å². The molecule has 0 saturated heterocycles. The fourth-order valence-electron chi connectivity index (χ4n) is 1.29. The van der Waals surface area contributed by atoms with E-state index in [1.165, 1.54) is 30.2 Å². The highest BCUT2D eigenvalue weighted by Crippen LogP contribution is 2.36. The molecule has 0 atom stereocenters. The molecule has 17 heavy (non-hydrogen) atoms. The molecule has 0 aliphatic carbocycles. The molecule has 0 aliphatic heterocycles.